The minimum atomic E-state index is -1.41. The quantitative estimate of drug-likeness (QED) is 0.589. The summed E-state index contributed by atoms with van der Waals surface area (Å²) in [5, 5.41) is 41.1. The molecule has 0 saturated carbocycles. The molecule has 1 fully saturated rings. The highest BCUT2D eigenvalue weighted by Crippen LogP contribution is 2.34. The summed E-state index contributed by atoms with van der Waals surface area (Å²) in [7, 11) is 1.35. The van der Waals surface area contributed by atoms with E-state index in [2.05, 4.69) is 0 Å². The van der Waals surface area contributed by atoms with E-state index < -0.39 is 36.8 Å². The van der Waals surface area contributed by atoms with E-state index in [1.807, 2.05) is 6.92 Å². The Hall–Kier alpha value is -2.00. The Morgan fingerprint density at radius 3 is 2.32 bits per heavy atom. The first-order valence-electron chi connectivity index (χ1n) is 9.19. The van der Waals surface area contributed by atoms with Gasteiger partial charge >= 0.3 is 0 Å². The summed E-state index contributed by atoms with van der Waals surface area (Å²) in [5.74, 6) is 0.726. The van der Waals surface area contributed by atoms with Crippen LogP contribution in [0, 0.1) is 0 Å². The van der Waals surface area contributed by atoms with Crippen LogP contribution in [0.2, 0.25) is 0 Å². The fourth-order valence-electron chi connectivity index (χ4n) is 3.33. The van der Waals surface area contributed by atoms with E-state index in [0.29, 0.717) is 23.3 Å². The maximum atomic E-state index is 10.7. The molecule has 7 nitrogen and oxygen atoms in total. The molecule has 1 aliphatic heterocycles. The first-order chi connectivity index (χ1) is 13.5. The zero-order valence-electron chi connectivity index (χ0n) is 15.8. The lowest BCUT2D eigenvalue weighted by Crippen LogP contribution is -2.54. The van der Waals surface area contributed by atoms with Crippen molar-refractivity contribution in [3.63, 3.8) is 0 Å². The maximum absolute atomic E-state index is 10.7. The molecule has 152 valence electrons. The summed E-state index contributed by atoms with van der Waals surface area (Å²) < 4.78 is 16.1. The molecule has 0 radical (unpaired) electrons. The summed E-state index contributed by atoms with van der Waals surface area (Å²) in [6.07, 6.45) is -6.96. The molecule has 4 N–H and O–H groups in total. The van der Waals surface area contributed by atoms with Crippen molar-refractivity contribution in [3.8, 4) is 5.75 Å². The van der Waals surface area contributed by atoms with Gasteiger partial charge in [0, 0.05) is 7.11 Å². The number of aliphatic hydroxyl groups excluding tert-OH is 4. The van der Waals surface area contributed by atoms with Crippen molar-refractivity contribution in [1.82, 2.24) is 0 Å². The lowest BCUT2D eigenvalue weighted by atomic mass is 9.91. The van der Waals surface area contributed by atoms with Gasteiger partial charge in [-0.05, 0) is 35.7 Å². The van der Waals surface area contributed by atoms with Gasteiger partial charge < -0.3 is 34.6 Å². The molecule has 6 atom stereocenters. The highest BCUT2D eigenvalue weighted by Gasteiger charge is 2.44. The zero-order valence-corrected chi connectivity index (χ0v) is 15.8. The number of rotatable bonds is 6. The van der Waals surface area contributed by atoms with Crippen molar-refractivity contribution in [3.05, 3.63) is 65.2 Å². The first-order valence-corrected chi connectivity index (χ1v) is 9.19. The van der Waals surface area contributed by atoms with Gasteiger partial charge in [-0.25, -0.2) is 0 Å². The van der Waals surface area contributed by atoms with Crippen LogP contribution in [-0.2, 0) is 9.47 Å². The molecule has 3 rings (SSSR count). The van der Waals surface area contributed by atoms with Crippen LogP contribution in [0.1, 0.15) is 35.8 Å². The van der Waals surface area contributed by atoms with E-state index in [-0.39, 0.29) is 0 Å². The van der Waals surface area contributed by atoms with Gasteiger partial charge in [-0.3, -0.25) is 0 Å². The maximum Gasteiger partial charge on any atom is 0.186 e. The number of methoxy groups -OCH3 is 1. The van der Waals surface area contributed by atoms with Crippen LogP contribution in [-0.4, -0.2) is 58.7 Å². The Bertz CT molecular complexity index is 762. The van der Waals surface area contributed by atoms with Crippen LogP contribution in [0.5, 0.6) is 5.75 Å². The predicted octanol–water partition coefficient (Wildman–Crippen LogP) is 1.29. The Labute approximate surface area is 163 Å². The minimum Gasteiger partial charge on any atom is -0.494 e. The molecule has 1 heterocycles. The molecule has 0 amide bonds. The van der Waals surface area contributed by atoms with Crippen LogP contribution >= 0.6 is 0 Å². The molecule has 1 aliphatic rings. The molecule has 0 aromatic heterocycles. The van der Waals surface area contributed by atoms with Crippen LogP contribution in [0.15, 0.2) is 48.5 Å². The SMILES string of the molecule is CCOc1ccc(C(O)c2cccc([C@@H]3O[C@H](OC)C(O)[C@H](O)[C@H]3O)c2)cc1. The van der Waals surface area contributed by atoms with E-state index in [1.54, 1.807) is 48.5 Å². The van der Waals surface area contributed by atoms with Crippen LogP contribution in [0.3, 0.4) is 0 Å². The fourth-order valence-corrected chi connectivity index (χ4v) is 3.33. The third-order valence-corrected chi connectivity index (χ3v) is 4.86. The predicted molar refractivity (Wildman–Crippen MR) is 101 cm³/mol. The molecule has 0 spiro atoms. The van der Waals surface area contributed by atoms with Crippen molar-refractivity contribution in [2.24, 2.45) is 0 Å². The van der Waals surface area contributed by atoms with Gasteiger partial charge in [0.05, 0.1) is 6.61 Å². The van der Waals surface area contributed by atoms with Gasteiger partial charge in [-0.15, -0.1) is 0 Å². The summed E-state index contributed by atoms with van der Waals surface area (Å²) in [6.45, 7) is 2.47. The van der Waals surface area contributed by atoms with Gasteiger partial charge in [0.15, 0.2) is 6.29 Å². The molecule has 28 heavy (non-hydrogen) atoms. The van der Waals surface area contributed by atoms with Gasteiger partial charge in [-0.2, -0.15) is 0 Å². The Kier molecular flexibility index (Phi) is 6.66. The van der Waals surface area contributed by atoms with E-state index in [1.165, 1.54) is 7.11 Å². The largest absolute Gasteiger partial charge is 0.494 e. The van der Waals surface area contributed by atoms with Gasteiger partial charge in [0.2, 0.25) is 0 Å². The van der Waals surface area contributed by atoms with E-state index in [0.717, 1.165) is 5.75 Å². The molecule has 7 heteroatoms. The first kappa shape index (κ1) is 20.7. The van der Waals surface area contributed by atoms with Crippen LogP contribution in [0.25, 0.3) is 0 Å². The normalized spacial score (nSPS) is 28.7. The molecule has 0 aliphatic carbocycles. The van der Waals surface area contributed by atoms with E-state index in [9.17, 15) is 20.4 Å². The van der Waals surface area contributed by atoms with E-state index >= 15 is 0 Å². The number of hydrogen-bond acceptors (Lipinski definition) is 7. The minimum absolute atomic E-state index is 0.558. The number of hydrogen-bond donors (Lipinski definition) is 4. The molecular weight excluding hydrogens is 364 g/mol. The van der Waals surface area contributed by atoms with Crippen molar-refractivity contribution in [2.45, 2.75) is 43.7 Å². The second kappa shape index (κ2) is 9.00. The molecule has 0 bridgehead atoms. The van der Waals surface area contributed by atoms with Crippen molar-refractivity contribution in [2.75, 3.05) is 13.7 Å². The number of aliphatic hydroxyl groups is 4. The van der Waals surface area contributed by atoms with Gasteiger partial charge in [0.1, 0.15) is 36.3 Å². The lowest BCUT2D eigenvalue weighted by molar-refractivity contribution is -0.292. The summed E-state index contributed by atoms with van der Waals surface area (Å²) in [5.41, 5.74) is 1.85. The zero-order chi connectivity index (χ0) is 20.3. The van der Waals surface area contributed by atoms with Gasteiger partial charge in [-0.1, -0.05) is 36.4 Å². The summed E-state index contributed by atoms with van der Waals surface area (Å²) in [6, 6.07) is 14.1. The number of benzene rings is 2. The molecule has 2 aromatic carbocycles. The average molecular weight is 390 g/mol. The Morgan fingerprint density at radius 1 is 0.964 bits per heavy atom. The molecule has 2 unspecified atom stereocenters. The van der Waals surface area contributed by atoms with Gasteiger partial charge in [0.25, 0.3) is 0 Å². The summed E-state index contributed by atoms with van der Waals surface area (Å²) >= 11 is 0. The van der Waals surface area contributed by atoms with Crippen molar-refractivity contribution in [1.29, 1.82) is 0 Å². The highest BCUT2D eigenvalue weighted by atomic mass is 16.7. The topological polar surface area (TPSA) is 109 Å². The van der Waals surface area contributed by atoms with Crippen LogP contribution in [0.4, 0.5) is 0 Å². The second-order valence-electron chi connectivity index (χ2n) is 6.71. The second-order valence-corrected chi connectivity index (χ2v) is 6.71. The fraction of sp³-hybridized carbons (Fsp3) is 0.429. The highest BCUT2D eigenvalue weighted by molar-refractivity contribution is 5.36. The van der Waals surface area contributed by atoms with E-state index in [4.69, 9.17) is 14.2 Å². The van der Waals surface area contributed by atoms with Crippen molar-refractivity contribution < 1.29 is 34.6 Å². The van der Waals surface area contributed by atoms with Crippen molar-refractivity contribution >= 4 is 0 Å². The lowest BCUT2D eigenvalue weighted by Gasteiger charge is -2.40. The summed E-state index contributed by atoms with van der Waals surface area (Å²) in [4.78, 5) is 0. The molecule has 1 saturated heterocycles. The monoisotopic (exact) mass is 390 g/mol. The molecular formula is C21H26O7. The third kappa shape index (κ3) is 4.20. The number of ether oxygens (including phenoxy) is 3. The standard InChI is InChI=1S/C21H26O7/c1-3-27-15-9-7-12(8-10-15)16(22)13-5-4-6-14(11-13)20-18(24)17(23)19(25)21(26-2)28-20/h4-11,16-25H,3H2,1-2H3/t16?,17-,18-,19?,20+,21+/m1/s1. The Balaban J connectivity index is 1.83. The average Bonchev–Trinajstić information content (AvgIpc) is 2.73. The van der Waals surface area contributed by atoms with Crippen LogP contribution < -0.4 is 4.74 Å². The molecule has 2 aromatic rings. The smallest absolute Gasteiger partial charge is 0.186 e. The third-order valence-electron chi connectivity index (χ3n) is 4.86. The Morgan fingerprint density at radius 2 is 1.68 bits per heavy atom.